The molecule has 3 aromatic carbocycles. The first kappa shape index (κ1) is 25.3. The Morgan fingerprint density at radius 3 is 2.26 bits per heavy atom. The minimum Gasteiger partial charge on any atom is -0.490 e. The molecule has 0 fully saturated rings. The van der Waals surface area contributed by atoms with E-state index in [1.54, 1.807) is 6.92 Å². The molecule has 1 atom stereocenters. The Morgan fingerprint density at radius 1 is 0.912 bits per heavy atom. The molecule has 34 heavy (non-hydrogen) atoms. The summed E-state index contributed by atoms with van der Waals surface area (Å²) in [4.78, 5) is 12.1. The number of allylic oxidation sites excluding steroid dienone is 1. The van der Waals surface area contributed by atoms with Gasteiger partial charge in [0.15, 0.2) is 6.10 Å². The van der Waals surface area contributed by atoms with E-state index in [0.29, 0.717) is 26.2 Å². The quantitative estimate of drug-likeness (QED) is 0.302. The van der Waals surface area contributed by atoms with E-state index >= 15 is 0 Å². The van der Waals surface area contributed by atoms with Crippen molar-refractivity contribution in [3.8, 4) is 16.9 Å². The van der Waals surface area contributed by atoms with Crippen molar-refractivity contribution in [2.45, 2.75) is 40.2 Å². The zero-order valence-corrected chi connectivity index (χ0v) is 20.5. The predicted molar refractivity (Wildman–Crippen MR) is 138 cm³/mol. The van der Waals surface area contributed by atoms with Crippen LogP contribution in [0.5, 0.6) is 5.75 Å². The van der Waals surface area contributed by atoms with Gasteiger partial charge in [-0.1, -0.05) is 60.7 Å². The van der Waals surface area contributed by atoms with Gasteiger partial charge in [0.1, 0.15) is 12.4 Å². The summed E-state index contributed by atoms with van der Waals surface area (Å²) < 4.78 is 16.6. The molecule has 0 saturated carbocycles. The number of aryl methyl sites for hydroxylation is 1. The highest BCUT2D eigenvalue weighted by Gasteiger charge is 2.20. The number of benzene rings is 3. The fourth-order valence-electron chi connectivity index (χ4n) is 3.77. The third kappa shape index (κ3) is 7.06. The molecule has 0 saturated heterocycles. The highest BCUT2D eigenvalue weighted by Crippen LogP contribution is 2.25. The summed E-state index contributed by atoms with van der Waals surface area (Å²) in [6, 6.07) is 24.8. The Morgan fingerprint density at radius 2 is 1.62 bits per heavy atom. The Kier molecular flexibility index (Phi) is 9.48. The van der Waals surface area contributed by atoms with Gasteiger partial charge in [0, 0.05) is 13.0 Å². The summed E-state index contributed by atoms with van der Waals surface area (Å²) in [7, 11) is 0. The maximum Gasteiger partial charge on any atom is 0.335 e. The van der Waals surface area contributed by atoms with Crippen LogP contribution in [0.3, 0.4) is 0 Å². The summed E-state index contributed by atoms with van der Waals surface area (Å²) in [5.74, 6) is 0.462. The smallest absolute Gasteiger partial charge is 0.335 e. The Bertz CT molecular complexity index is 1080. The Hall–Kier alpha value is -3.37. The van der Waals surface area contributed by atoms with Crippen LogP contribution in [0, 0.1) is 6.92 Å². The van der Waals surface area contributed by atoms with Crippen molar-refractivity contribution in [1.82, 2.24) is 0 Å². The van der Waals surface area contributed by atoms with E-state index < -0.39 is 6.10 Å². The average Bonchev–Trinajstić information content (AvgIpc) is 2.85. The molecule has 0 aliphatic rings. The van der Waals surface area contributed by atoms with Gasteiger partial charge in [0.2, 0.25) is 0 Å². The molecule has 4 nitrogen and oxygen atoms in total. The van der Waals surface area contributed by atoms with Crippen molar-refractivity contribution in [3.05, 3.63) is 95.6 Å². The van der Waals surface area contributed by atoms with Gasteiger partial charge in [-0.15, -0.1) is 0 Å². The third-order valence-electron chi connectivity index (χ3n) is 5.70. The number of hydrogen-bond acceptors (Lipinski definition) is 4. The molecular weight excluding hydrogens is 424 g/mol. The molecule has 4 heteroatoms. The lowest BCUT2D eigenvalue weighted by Gasteiger charge is -2.15. The van der Waals surface area contributed by atoms with Gasteiger partial charge in [0.25, 0.3) is 0 Å². The number of rotatable bonds is 11. The van der Waals surface area contributed by atoms with Crippen molar-refractivity contribution in [1.29, 1.82) is 0 Å². The summed E-state index contributed by atoms with van der Waals surface area (Å²) >= 11 is 0. The maximum absolute atomic E-state index is 12.1. The molecule has 3 aromatic rings. The molecule has 0 aliphatic carbocycles. The predicted octanol–water partition coefficient (Wildman–Crippen LogP) is 6.66. The molecule has 0 radical (unpaired) electrons. The zero-order chi connectivity index (χ0) is 24.3. The van der Waals surface area contributed by atoms with Crippen LogP contribution in [-0.4, -0.2) is 31.9 Å². The third-order valence-corrected chi connectivity index (χ3v) is 5.70. The van der Waals surface area contributed by atoms with Crippen molar-refractivity contribution >= 4 is 11.5 Å². The molecule has 3 rings (SSSR count). The summed E-state index contributed by atoms with van der Waals surface area (Å²) in [5, 5.41) is 0. The van der Waals surface area contributed by atoms with E-state index in [9.17, 15) is 4.79 Å². The van der Waals surface area contributed by atoms with Gasteiger partial charge >= 0.3 is 5.97 Å². The molecule has 178 valence electrons. The van der Waals surface area contributed by atoms with Gasteiger partial charge in [-0.05, 0) is 79.3 Å². The van der Waals surface area contributed by atoms with E-state index in [4.69, 9.17) is 14.2 Å². The molecule has 0 amide bonds. The first-order valence-electron chi connectivity index (χ1n) is 11.8. The number of esters is 1. The van der Waals surface area contributed by atoms with E-state index in [1.165, 1.54) is 27.8 Å². The lowest BCUT2D eigenvalue weighted by Crippen LogP contribution is -2.28. The van der Waals surface area contributed by atoms with Crippen LogP contribution in [0.4, 0.5) is 0 Å². The first-order chi connectivity index (χ1) is 16.5. The topological polar surface area (TPSA) is 44.8 Å². The summed E-state index contributed by atoms with van der Waals surface area (Å²) in [6.07, 6.45) is 1.98. The van der Waals surface area contributed by atoms with E-state index in [-0.39, 0.29) is 5.97 Å². The van der Waals surface area contributed by atoms with Gasteiger partial charge in [-0.2, -0.15) is 0 Å². The number of ether oxygens (including phenoxy) is 3. The maximum atomic E-state index is 12.1. The highest BCUT2D eigenvalue weighted by molar-refractivity contribution is 5.75. The molecule has 0 heterocycles. The van der Waals surface area contributed by atoms with Crippen LogP contribution < -0.4 is 4.74 Å². The van der Waals surface area contributed by atoms with E-state index in [1.807, 2.05) is 31.2 Å². The summed E-state index contributed by atoms with van der Waals surface area (Å²) in [6.45, 7) is 9.19. The lowest BCUT2D eigenvalue weighted by molar-refractivity contribution is -0.156. The van der Waals surface area contributed by atoms with E-state index in [0.717, 1.165) is 11.3 Å². The van der Waals surface area contributed by atoms with Crippen LogP contribution in [-0.2, 0) is 20.7 Å². The van der Waals surface area contributed by atoms with Gasteiger partial charge in [-0.3, -0.25) is 0 Å². The van der Waals surface area contributed by atoms with Crippen LogP contribution in [0.25, 0.3) is 16.7 Å². The number of hydrogen-bond donors (Lipinski definition) is 0. The minimum atomic E-state index is -0.584. The summed E-state index contributed by atoms with van der Waals surface area (Å²) in [5.41, 5.74) is 7.10. The molecule has 0 aromatic heterocycles. The molecule has 0 aliphatic heterocycles. The lowest BCUT2D eigenvalue weighted by atomic mass is 9.98. The van der Waals surface area contributed by atoms with Crippen LogP contribution in [0.15, 0.2) is 78.9 Å². The SMILES string of the molecule is CCOC(=O)C(Cc1ccc(OC/C=C(\C)c2ccc(-c3ccccc3C)cc2)cc1)OCC. The Balaban J connectivity index is 1.55. The molecular formula is C30H34O4. The van der Waals surface area contributed by atoms with E-state index in [2.05, 4.69) is 68.5 Å². The van der Waals surface area contributed by atoms with Crippen LogP contribution in [0.1, 0.15) is 37.5 Å². The zero-order valence-electron chi connectivity index (χ0n) is 20.5. The standard InChI is InChI=1S/C30H34O4/c1-5-32-29(30(31)33-6-2)21-24-11-17-27(18-12-24)34-20-19-22(3)25-13-15-26(16-14-25)28-10-8-7-9-23(28)4/h7-19,29H,5-6,20-21H2,1-4H3/b22-19+. The second kappa shape index (κ2) is 12.8. The molecule has 0 N–H and O–H groups in total. The van der Waals surface area contributed by atoms with Gasteiger partial charge in [0.05, 0.1) is 6.61 Å². The fourth-order valence-corrected chi connectivity index (χ4v) is 3.77. The van der Waals surface area contributed by atoms with Gasteiger partial charge < -0.3 is 14.2 Å². The second-order valence-electron chi connectivity index (χ2n) is 8.13. The number of carbonyl (C=O) groups is 1. The molecule has 0 spiro atoms. The van der Waals surface area contributed by atoms with Crippen molar-refractivity contribution < 1.29 is 19.0 Å². The minimum absolute atomic E-state index is 0.322. The fraction of sp³-hybridized carbons (Fsp3) is 0.300. The number of carbonyl (C=O) groups excluding carboxylic acids is 1. The second-order valence-corrected chi connectivity index (χ2v) is 8.13. The van der Waals surface area contributed by atoms with Crippen molar-refractivity contribution in [3.63, 3.8) is 0 Å². The molecule has 0 bridgehead atoms. The normalized spacial score (nSPS) is 12.3. The van der Waals surface area contributed by atoms with Crippen LogP contribution in [0.2, 0.25) is 0 Å². The van der Waals surface area contributed by atoms with Gasteiger partial charge in [-0.25, -0.2) is 4.79 Å². The first-order valence-corrected chi connectivity index (χ1v) is 11.8. The average molecular weight is 459 g/mol. The van der Waals surface area contributed by atoms with Crippen molar-refractivity contribution in [2.24, 2.45) is 0 Å². The van der Waals surface area contributed by atoms with Crippen LogP contribution >= 0.6 is 0 Å². The molecule has 1 unspecified atom stereocenters. The highest BCUT2D eigenvalue weighted by atomic mass is 16.6. The monoisotopic (exact) mass is 458 g/mol. The largest absolute Gasteiger partial charge is 0.490 e. The Labute approximate surface area is 203 Å². The van der Waals surface area contributed by atoms with Crippen molar-refractivity contribution in [2.75, 3.05) is 19.8 Å².